The predicted molar refractivity (Wildman–Crippen MR) is 118 cm³/mol. The highest BCUT2D eigenvalue weighted by atomic mass is 32.1. The van der Waals surface area contributed by atoms with Gasteiger partial charge >= 0.3 is 0 Å². The zero-order valence-corrected chi connectivity index (χ0v) is 17.9. The molecule has 0 bridgehead atoms. The average molecular weight is 435 g/mol. The van der Waals surface area contributed by atoms with Gasteiger partial charge in [-0.15, -0.1) is 11.3 Å². The minimum atomic E-state index is -0.559. The van der Waals surface area contributed by atoms with Crippen molar-refractivity contribution in [3.63, 3.8) is 0 Å². The quantitative estimate of drug-likeness (QED) is 0.635. The van der Waals surface area contributed by atoms with Crippen LogP contribution in [-0.4, -0.2) is 28.9 Å². The van der Waals surface area contributed by atoms with E-state index in [-0.39, 0.29) is 23.9 Å². The van der Waals surface area contributed by atoms with Crippen molar-refractivity contribution >= 4 is 33.4 Å². The van der Waals surface area contributed by atoms with Crippen LogP contribution in [-0.2, 0) is 0 Å². The van der Waals surface area contributed by atoms with Crippen LogP contribution in [0.1, 0.15) is 57.5 Å². The number of primary amides is 1. The fraction of sp³-hybridized carbons (Fsp3) is 0.304. The lowest BCUT2D eigenvalue weighted by Gasteiger charge is -2.29. The maximum atomic E-state index is 12.5. The number of aromatic nitrogens is 1. The highest BCUT2D eigenvalue weighted by Gasteiger charge is 2.26. The molecule has 0 atom stereocenters. The normalized spacial score (nSPS) is 18.3. The van der Waals surface area contributed by atoms with Crippen LogP contribution in [0.15, 0.2) is 35.7 Å². The largest absolute Gasteiger partial charge is 0.474 e. The maximum Gasteiger partial charge on any atom is 0.254 e. The number of hydrogen-bond donors (Lipinski definition) is 2. The SMILES string of the molecule is Cc1csc2cc(C(N)=O)c(OC3CCC(NC(=O)c4cccc(C#N)c4)CC3)nc12. The van der Waals surface area contributed by atoms with E-state index in [4.69, 9.17) is 15.7 Å². The molecule has 1 saturated carbocycles. The van der Waals surface area contributed by atoms with E-state index in [1.165, 1.54) is 11.3 Å². The summed E-state index contributed by atoms with van der Waals surface area (Å²) in [7, 11) is 0. The van der Waals surface area contributed by atoms with Crippen molar-refractivity contribution < 1.29 is 14.3 Å². The summed E-state index contributed by atoms with van der Waals surface area (Å²) >= 11 is 1.52. The van der Waals surface area contributed by atoms with E-state index in [1.807, 2.05) is 18.4 Å². The lowest BCUT2D eigenvalue weighted by molar-refractivity contribution is 0.0881. The molecule has 0 radical (unpaired) electrons. The van der Waals surface area contributed by atoms with E-state index >= 15 is 0 Å². The number of nitrogens with two attached hydrogens (primary N) is 1. The van der Waals surface area contributed by atoms with E-state index in [0.29, 0.717) is 16.7 Å². The van der Waals surface area contributed by atoms with Gasteiger partial charge in [-0.2, -0.15) is 5.26 Å². The molecule has 1 aliphatic carbocycles. The summed E-state index contributed by atoms with van der Waals surface area (Å²) in [5.74, 6) is -0.462. The number of pyridine rings is 1. The molecular weight excluding hydrogens is 412 g/mol. The van der Waals surface area contributed by atoms with Gasteiger partial charge in [0.1, 0.15) is 11.7 Å². The van der Waals surface area contributed by atoms with Crippen LogP contribution in [0.2, 0.25) is 0 Å². The Labute approximate surface area is 183 Å². The van der Waals surface area contributed by atoms with Crippen LogP contribution in [0, 0.1) is 18.3 Å². The van der Waals surface area contributed by atoms with Gasteiger partial charge in [0.25, 0.3) is 11.8 Å². The first-order chi connectivity index (χ1) is 14.9. The standard InChI is InChI=1S/C23H22N4O3S/c1-13-12-31-19-10-18(21(25)28)23(27-20(13)19)30-17-7-5-16(6-8-17)26-22(29)15-4-2-3-14(9-15)11-24/h2-4,9-10,12,16-17H,5-8H2,1H3,(H2,25,28)(H,26,29). The molecule has 1 fully saturated rings. The minimum absolute atomic E-state index is 0.0308. The number of carbonyl (C=O) groups is 2. The van der Waals surface area contributed by atoms with Crippen molar-refractivity contribution in [2.45, 2.75) is 44.8 Å². The predicted octanol–water partition coefficient (Wildman–Crippen LogP) is 3.70. The molecule has 4 rings (SSSR count). The zero-order chi connectivity index (χ0) is 22.0. The van der Waals surface area contributed by atoms with Crippen LogP contribution >= 0.6 is 11.3 Å². The number of amides is 2. The van der Waals surface area contributed by atoms with Crippen LogP contribution in [0.4, 0.5) is 0 Å². The van der Waals surface area contributed by atoms with Gasteiger partial charge in [0, 0.05) is 11.6 Å². The molecule has 1 aliphatic rings. The lowest BCUT2D eigenvalue weighted by Crippen LogP contribution is -2.39. The first kappa shape index (κ1) is 20.8. The number of nitrogens with zero attached hydrogens (tertiary/aromatic N) is 2. The molecule has 3 N–H and O–H groups in total. The Balaban J connectivity index is 1.40. The number of benzene rings is 1. The minimum Gasteiger partial charge on any atom is -0.474 e. The molecule has 2 amide bonds. The number of carbonyl (C=O) groups excluding carboxylic acids is 2. The Morgan fingerprint density at radius 3 is 2.74 bits per heavy atom. The second kappa shape index (κ2) is 8.74. The number of nitrogens with one attached hydrogen (secondary N) is 1. The summed E-state index contributed by atoms with van der Waals surface area (Å²) < 4.78 is 7.00. The van der Waals surface area contributed by atoms with E-state index in [1.54, 1.807) is 30.3 Å². The smallest absolute Gasteiger partial charge is 0.254 e. The third-order valence-electron chi connectivity index (χ3n) is 5.50. The van der Waals surface area contributed by atoms with Gasteiger partial charge in [-0.25, -0.2) is 4.98 Å². The first-order valence-corrected chi connectivity index (χ1v) is 11.0. The summed E-state index contributed by atoms with van der Waals surface area (Å²) in [6.45, 7) is 1.97. The number of ether oxygens (including phenoxy) is 1. The summed E-state index contributed by atoms with van der Waals surface area (Å²) in [5, 5.41) is 14.0. The summed E-state index contributed by atoms with van der Waals surface area (Å²) in [4.78, 5) is 29.0. The first-order valence-electron chi connectivity index (χ1n) is 10.1. The van der Waals surface area contributed by atoms with Gasteiger partial charge < -0.3 is 15.8 Å². The molecule has 8 heteroatoms. The zero-order valence-electron chi connectivity index (χ0n) is 17.1. The summed E-state index contributed by atoms with van der Waals surface area (Å²) in [6.07, 6.45) is 2.85. The molecule has 31 heavy (non-hydrogen) atoms. The van der Waals surface area contributed by atoms with Gasteiger partial charge in [-0.1, -0.05) is 6.07 Å². The Morgan fingerprint density at radius 2 is 2.03 bits per heavy atom. The van der Waals surface area contributed by atoms with Crippen molar-refractivity contribution in [1.82, 2.24) is 10.3 Å². The van der Waals surface area contributed by atoms with E-state index in [2.05, 4.69) is 10.3 Å². The van der Waals surface area contributed by atoms with Gasteiger partial charge in [0.2, 0.25) is 5.88 Å². The van der Waals surface area contributed by atoms with E-state index < -0.39 is 5.91 Å². The van der Waals surface area contributed by atoms with Crippen molar-refractivity contribution in [3.8, 4) is 11.9 Å². The molecule has 2 heterocycles. The Kier molecular flexibility index (Phi) is 5.87. The Hall–Kier alpha value is -3.44. The number of fused-ring (bicyclic) bond motifs is 1. The topological polar surface area (TPSA) is 118 Å². The monoisotopic (exact) mass is 434 g/mol. The van der Waals surface area contributed by atoms with Crippen molar-refractivity contribution in [3.05, 3.63) is 58.0 Å². The number of aryl methyl sites for hydroxylation is 1. The van der Waals surface area contributed by atoms with Crippen molar-refractivity contribution in [2.75, 3.05) is 0 Å². The molecule has 1 aromatic carbocycles. The maximum absolute atomic E-state index is 12.5. The highest BCUT2D eigenvalue weighted by Crippen LogP contribution is 2.31. The lowest BCUT2D eigenvalue weighted by atomic mass is 9.92. The average Bonchev–Trinajstić information content (AvgIpc) is 3.14. The second-order valence-corrected chi connectivity index (χ2v) is 8.64. The third kappa shape index (κ3) is 4.52. The molecule has 158 valence electrons. The molecule has 0 aliphatic heterocycles. The van der Waals surface area contributed by atoms with Gasteiger partial charge in [0.05, 0.1) is 21.8 Å². The van der Waals surface area contributed by atoms with Crippen LogP contribution in [0.5, 0.6) is 5.88 Å². The van der Waals surface area contributed by atoms with Gasteiger partial charge in [-0.05, 0) is 67.8 Å². The molecule has 0 unspecified atom stereocenters. The highest BCUT2D eigenvalue weighted by molar-refractivity contribution is 7.17. The Bertz CT molecular complexity index is 1190. The van der Waals surface area contributed by atoms with E-state index in [0.717, 1.165) is 41.5 Å². The van der Waals surface area contributed by atoms with Crippen LogP contribution in [0.25, 0.3) is 10.2 Å². The molecule has 7 nitrogen and oxygen atoms in total. The molecule has 3 aromatic rings. The Morgan fingerprint density at radius 1 is 1.26 bits per heavy atom. The second-order valence-electron chi connectivity index (χ2n) is 7.73. The molecule has 2 aromatic heterocycles. The summed E-state index contributed by atoms with van der Waals surface area (Å²) in [6, 6.07) is 10.5. The number of hydrogen-bond acceptors (Lipinski definition) is 6. The van der Waals surface area contributed by atoms with Crippen molar-refractivity contribution in [1.29, 1.82) is 5.26 Å². The van der Waals surface area contributed by atoms with Crippen molar-refractivity contribution in [2.24, 2.45) is 5.73 Å². The van der Waals surface area contributed by atoms with Gasteiger partial charge in [0.15, 0.2) is 0 Å². The number of rotatable bonds is 5. The van der Waals surface area contributed by atoms with Crippen LogP contribution in [0.3, 0.4) is 0 Å². The number of nitriles is 1. The van der Waals surface area contributed by atoms with E-state index in [9.17, 15) is 9.59 Å². The molecular formula is C23H22N4O3S. The molecule has 0 saturated heterocycles. The molecule has 0 spiro atoms. The van der Waals surface area contributed by atoms with Crippen LogP contribution < -0.4 is 15.8 Å². The summed E-state index contributed by atoms with van der Waals surface area (Å²) in [5.41, 5.74) is 8.64. The fourth-order valence-corrected chi connectivity index (χ4v) is 4.73. The van der Waals surface area contributed by atoms with Gasteiger partial charge in [-0.3, -0.25) is 9.59 Å². The number of thiophene rings is 1. The third-order valence-corrected chi connectivity index (χ3v) is 6.53. The fourth-order valence-electron chi connectivity index (χ4n) is 3.81.